The standard InChI is InChI=1S/C14H16N2O16S3/c17-9-5-7(34(23,24)25)11(19)15(9)31-13(21)29-1-3-33-4-2-30-14(22)32-16-10(18)6-8(12(16)20)35(26,27)28/h7-8H,1-6H2,(H,23,24,25)(H,26,27,28). The van der Waals surface area contributed by atoms with Crippen molar-refractivity contribution in [2.24, 2.45) is 0 Å². The highest BCUT2D eigenvalue weighted by Gasteiger charge is 2.49. The Morgan fingerprint density at radius 3 is 1.40 bits per heavy atom. The summed E-state index contributed by atoms with van der Waals surface area (Å²) in [7, 11) is -9.74. The van der Waals surface area contributed by atoms with Crippen molar-refractivity contribution in [1.29, 1.82) is 0 Å². The van der Waals surface area contributed by atoms with Gasteiger partial charge in [-0.3, -0.25) is 38.0 Å². The van der Waals surface area contributed by atoms with Crippen LogP contribution in [0, 0.1) is 0 Å². The minimum Gasteiger partial charge on any atom is -0.432 e. The van der Waals surface area contributed by atoms with Crippen molar-refractivity contribution in [3.05, 3.63) is 0 Å². The Labute approximate surface area is 200 Å². The summed E-state index contributed by atoms with van der Waals surface area (Å²) in [6.07, 6.45) is -4.84. The highest BCUT2D eigenvalue weighted by molar-refractivity contribution is 7.99. The van der Waals surface area contributed by atoms with Crippen LogP contribution in [0.1, 0.15) is 12.8 Å². The van der Waals surface area contributed by atoms with E-state index in [1.54, 1.807) is 0 Å². The van der Waals surface area contributed by atoms with Crippen LogP contribution in [0.4, 0.5) is 9.59 Å². The van der Waals surface area contributed by atoms with E-state index in [0.29, 0.717) is 0 Å². The fourth-order valence-electron chi connectivity index (χ4n) is 2.49. The fraction of sp³-hybridized carbons (Fsp3) is 0.571. The van der Waals surface area contributed by atoms with Crippen LogP contribution >= 0.6 is 11.8 Å². The van der Waals surface area contributed by atoms with Crippen LogP contribution in [0.25, 0.3) is 0 Å². The van der Waals surface area contributed by atoms with Gasteiger partial charge in [0.25, 0.3) is 43.9 Å². The van der Waals surface area contributed by atoms with Crippen molar-refractivity contribution >= 4 is 67.9 Å². The van der Waals surface area contributed by atoms with E-state index < -0.39 is 79.5 Å². The second kappa shape index (κ2) is 11.2. The van der Waals surface area contributed by atoms with Crippen LogP contribution in [0.15, 0.2) is 0 Å². The third-order valence-corrected chi connectivity index (χ3v) is 7.16. The molecule has 0 aliphatic carbocycles. The highest BCUT2D eigenvalue weighted by atomic mass is 32.2. The maximum atomic E-state index is 11.7. The topological polar surface area (TPSA) is 255 Å². The number of nitrogens with zero attached hydrogens (tertiary/aromatic N) is 2. The van der Waals surface area contributed by atoms with Gasteiger partial charge < -0.3 is 9.47 Å². The molecular formula is C14H16N2O16S3. The molecule has 2 fully saturated rings. The lowest BCUT2D eigenvalue weighted by Gasteiger charge is -2.13. The van der Waals surface area contributed by atoms with Gasteiger partial charge in [0.2, 0.25) is 0 Å². The van der Waals surface area contributed by atoms with E-state index in [1.807, 2.05) is 0 Å². The molecule has 2 aliphatic rings. The summed E-state index contributed by atoms with van der Waals surface area (Å²) >= 11 is 1.05. The zero-order valence-electron chi connectivity index (χ0n) is 17.1. The second-order valence-corrected chi connectivity index (χ2v) is 10.9. The van der Waals surface area contributed by atoms with Crippen LogP contribution < -0.4 is 0 Å². The van der Waals surface area contributed by atoms with Gasteiger partial charge in [-0.1, -0.05) is 10.1 Å². The minimum absolute atomic E-state index is 0.0855. The van der Waals surface area contributed by atoms with Gasteiger partial charge in [-0.15, -0.1) is 0 Å². The van der Waals surface area contributed by atoms with Crippen LogP contribution in [-0.4, -0.2) is 107 Å². The Morgan fingerprint density at radius 1 is 0.771 bits per heavy atom. The SMILES string of the molecule is O=C(OCCSCCOC(=O)ON1C(=O)CC(S(=O)(=O)O)C1=O)ON1C(=O)CC(S(=O)(=O)O)C1=O. The molecule has 21 heteroatoms. The zero-order valence-corrected chi connectivity index (χ0v) is 19.6. The molecule has 2 unspecified atom stereocenters. The first-order chi connectivity index (χ1) is 16.1. The molecule has 0 aromatic rings. The predicted molar refractivity (Wildman–Crippen MR) is 106 cm³/mol. The first-order valence-corrected chi connectivity index (χ1v) is 13.2. The number of carbonyl (C=O) groups excluding carboxylic acids is 6. The summed E-state index contributed by atoms with van der Waals surface area (Å²) in [5, 5.41) is -4.45. The molecule has 196 valence electrons. The lowest BCUT2D eigenvalue weighted by molar-refractivity contribution is -0.177. The molecule has 0 radical (unpaired) electrons. The number of rotatable bonds is 10. The molecule has 2 rings (SSSR count). The summed E-state index contributed by atoms with van der Waals surface area (Å²) in [6, 6.07) is 0. The summed E-state index contributed by atoms with van der Waals surface area (Å²) in [5.74, 6) is -5.11. The van der Waals surface area contributed by atoms with Gasteiger partial charge >= 0.3 is 12.3 Å². The van der Waals surface area contributed by atoms with Crippen LogP contribution in [0.2, 0.25) is 0 Å². The smallest absolute Gasteiger partial charge is 0.432 e. The molecule has 0 aromatic heterocycles. The second-order valence-electron chi connectivity index (χ2n) is 6.46. The third kappa shape index (κ3) is 7.48. The Kier molecular flexibility index (Phi) is 9.00. The maximum Gasteiger partial charge on any atom is 0.533 e. The number of amides is 4. The van der Waals surface area contributed by atoms with Gasteiger partial charge in [-0.25, -0.2) is 9.59 Å². The van der Waals surface area contributed by atoms with Gasteiger partial charge in [-0.05, 0) is 0 Å². The van der Waals surface area contributed by atoms with Crippen LogP contribution in [-0.2, 0) is 58.6 Å². The molecule has 2 saturated heterocycles. The van der Waals surface area contributed by atoms with Crippen molar-refractivity contribution in [1.82, 2.24) is 10.1 Å². The molecule has 18 nitrogen and oxygen atoms in total. The maximum absolute atomic E-state index is 11.7. The minimum atomic E-state index is -4.87. The summed E-state index contributed by atoms with van der Waals surface area (Å²) in [5.41, 5.74) is 0. The molecule has 2 N–H and O–H groups in total. The van der Waals surface area contributed by atoms with Crippen molar-refractivity contribution in [3.63, 3.8) is 0 Å². The molecule has 4 amide bonds. The first kappa shape index (κ1) is 28.2. The molecule has 0 bridgehead atoms. The van der Waals surface area contributed by atoms with Gasteiger partial charge in [0.05, 0.1) is 12.8 Å². The molecule has 2 atom stereocenters. The number of hydrogen-bond donors (Lipinski definition) is 2. The van der Waals surface area contributed by atoms with Gasteiger partial charge in [0, 0.05) is 11.5 Å². The van der Waals surface area contributed by atoms with Crippen LogP contribution in [0.3, 0.4) is 0 Å². The van der Waals surface area contributed by atoms with E-state index in [4.69, 9.17) is 9.11 Å². The van der Waals surface area contributed by atoms with E-state index in [9.17, 15) is 45.6 Å². The van der Waals surface area contributed by atoms with E-state index in [0.717, 1.165) is 11.8 Å². The Morgan fingerprint density at radius 2 is 1.11 bits per heavy atom. The lowest BCUT2D eigenvalue weighted by atomic mass is 10.4. The van der Waals surface area contributed by atoms with Crippen molar-refractivity contribution in [2.45, 2.75) is 23.3 Å². The van der Waals surface area contributed by atoms with Crippen molar-refractivity contribution in [3.8, 4) is 0 Å². The summed E-state index contributed by atoms with van der Waals surface area (Å²) in [4.78, 5) is 78.2. The molecular weight excluding hydrogens is 548 g/mol. The predicted octanol–water partition coefficient (Wildman–Crippen LogP) is -2.11. The number of imide groups is 2. The van der Waals surface area contributed by atoms with Crippen LogP contribution in [0.5, 0.6) is 0 Å². The third-order valence-electron chi connectivity index (χ3n) is 4.07. The van der Waals surface area contributed by atoms with E-state index in [2.05, 4.69) is 19.1 Å². The summed E-state index contributed by atoms with van der Waals surface area (Å²) < 4.78 is 70.9. The first-order valence-electron chi connectivity index (χ1n) is 9.06. The molecule has 35 heavy (non-hydrogen) atoms. The summed E-state index contributed by atoms with van der Waals surface area (Å²) in [6.45, 7) is -0.639. The highest BCUT2D eigenvalue weighted by Crippen LogP contribution is 2.21. The van der Waals surface area contributed by atoms with E-state index in [1.165, 1.54) is 0 Å². The Hall–Kier alpha value is -3.01. The van der Waals surface area contributed by atoms with Gasteiger partial charge in [0.15, 0.2) is 10.5 Å². The monoisotopic (exact) mass is 564 g/mol. The number of hydrogen-bond acceptors (Lipinski definition) is 15. The van der Waals surface area contributed by atoms with Gasteiger partial charge in [-0.2, -0.15) is 28.6 Å². The normalized spacial score (nSPS) is 20.9. The quantitative estimate of drug-likeness (QED) is 0.124. The Balaban J connectivity index is 1.61. The number of hydroxylamine groups is 4. The zero-order chi connectivity index (χ0) is 26.6. The number of ether oxygens (including phenoxy) is 2. The van der Waals surface area contributed by atoms with E-state index >= 15 is 0 Å². The van der Waals surface area contributed by atoms with Gasteiger partial charge in [0.1, 0.15) is 13.2 Å². The number of thioether (sulfide) groups is 1. The fourth-order valence-corrected chi connectivity index (χ4v) is 4.51. The molecule has 0 spiro atoms. The molecule has 2 heterocycles. The number of carbonyl (C=O) groups is 6. The average Bonchev–Trinajstić information content (AvgIpc) is 3.18. The van der Waals surface area contributed by atoms with Crippen molar-refractivity contribution in [2.75, 3.05) is 24.7 Å². The molecule has 0 aromatic carbocycles. The molecule has 2 aliphatic heterocycles. The largest absolute Gasteiger partial charge is 0.533 e. The van der Waals surface area contributed by atoms with Crippen molar-refractivity contribution < 1.29 is 73.9 Å². The lowest BCUT2D eigenvalue weighted by Crippen LogP contribution is -2.37. The Bertz CT molecular complexity index is 1040. The average molecular weight is 564 g/mol. The molecule has 0 saturated carbocycles. The van der Waals surface area contributed by atoms with E-state index in [-0.39, 0.29) is 34.8 Å².